The molecule has 0 radical (unpaired) electrons. The molecule has 2 aromatic rings. The molecule has 2 aromatic carbocycles. The monoisotopic (exact) mass is 364 g/mol. The first-order chi connectivity index (χ1) is 11.3. The van der Waals surface area contributed by atoms with Crippen LogP contribution in [0, 0.1) is 13.8 Å². The second-order valence-electron chi connectivity index (χ2n) is 5.79. The molecule has 1 aliphatic rings. The van der Waals surface area contributed by atoms with Gasteiger partial charge in [-0.1, -0.05) is 63.0 Å². The van der Waals surface area contributed by atoms with Crippen molar-refractivity contribution in [2.75, 3.05) is 6.26 Å². The molecule has 1 atom stereocenters. The molecule has 0 amide bonds. The van der Waals surface area contributed by atoms with Crippen LogP contribution < -0.4 is 0 Å². The van der Waals surface area contributed by atoms with E-state index in [4.69, 9.17) is 1.37 Å². The molecule has 23 heavy (non-hydrogen) atoms. The van der Waals surface area contributed by atoms with Gasteiger partial charge in [0.1, 0.15) is 0 Å². The smallest absolute Gasteiger partial charge is 0.175 e. The lowest BCUT2D eigenvalue weighted by Gasteiger charge is -2.16. The maximum Gasteiger partial charge on any atom is 0.175 e. The molecule has 1 unspecified atom stereocenters. The highest BCUT2D eigenvalue weighted by atomic mass is 33.1. The molecular formula is C18H18O2S3. The normalized spacial score (nSPS) is 19.1. The highest BCUT2D eigenvalue weighted by molar-refractivity contribution is 8.78. The van der Waals surface area contributed by atoms with Gasteiger partial charge in [-0.05, 0) is 48.1 Å². The second kappa shape index (κ2) is 6.38. The van der Waals surface area contributed by atoms with E-state index < -0.39 is 9.84 Å². The number of hydrogen-bond acceptors (Lipinski definition) is 4. The zero-order chi connectivity index (χ0) is 17.5. The lowest BCUT2D eigenvalue weighted by Crippen LogP contribution is -1.99. The topological polar surface area (TPSA) is 34.1 Å². The Kier molecular flexibility index (Phi) is 4.26. The molecule has 0 saturated heterocycles. The van der Waals surface area contributed by atoms with Crippen LogP contribution in [-0.4, -0.2) is 14.7 Å². The summed E-state index contributed by atoms with van der Waals surface area (Å²) in [5, 5.41) is 0.611. The standard InChI is InChI=1S/C18H18O2S3/c1-12-8-13(2)10-15(9-12)17-11-21-22-18(17)14-4-6-16(7-5-14)23(3,19)20/h4-11,18H,1-3H3/i11T. The summed E-state index contributed by atoms with van der Waals surface area (Å²) in [6, 6.07) is 13.4. The van der Waals surface area contributed by atoms with Gasteiger partial charge < -0.3 is 0 Å². The highest BCUT2D eigenvalue weighted by Crippen LogP contribution is 2.54. The quantitative estimate of drug-likeness (QED) is 0.703. The van der Waals surface area contributed by atoms with Crippen molar-refractivity contribution in [1.29, 1.82) is 0 Å². The van der Waals surface area contributed by atoms with Gasteiger partial charge in [0.15, 0.2) is 9.84 Å². The minimum Gasteiger partial charge on any atom is -0.224 e. The molecule has 2 nitrogen and oxygen atoms in total. The Hall–Kier alpha value is -1.17. The van der Waals surface area contributed by atoms with E-state index in [-0.39, 0.29) is 5.25 Å². The Morgan fingerprint density at radius 1 is 1.04 bits per heavy atom. The van der Waals surface area contributed by atoms with Crippen molar-refractivity contribution < 1.29 is 9.79 Å². The zero-order valence-electron chi connectivity index (χ0n) is 14.2. The molecule has 0 saturated carbocycles. The van der Waals surface area contributed by atoms with Gasteiger partial charge in [-0.3, -0.25) is 0 Å². The molecular weight excluding hydrogens is 344 g/mol. The molecule has 0 N–H and O–H groups in total. The zero-order valence-corrected chi connectivity index (χ0v) is 15.6. The largest absolute Gasteiger partial charge is 0.224 e. The molecule has 0 bridgehead atoms. The van der Waals surface area contributed by atoms with Gasteiger partial charge in [-0.15, -0.1) is 0 Å². The summed E-state index contributed by atoms with van der Waals surface area (Å²) in [6.07, 6.45) is 1.21. The first-order valence-electron chi connectivity index (χ1n) is 7.68. The van der Waals surface area contributed by atoms with Crippen LogP contribution in [0.15, 0.2) is 52.7 Å². The number of benzene rings is 2. The van der Waals surface area contributed by atoms with Gasteiger partial charge in [0, 0.05) is 6.26 Å². The third kappa shape index (κ3) is 3.67. The first-order valence-corrected chi connectivity index (χ1v) is 11.3. The average molecular weight is 365 g/mol. The van der Waals surface area contributed by atoms with Crippen molar-refractivity contribution >= 4 is 37.0 Å². The van der Waals surface area contributed by atoms with E-state index in [1.165, 1.54) is 28.2 Å². The molecule has 0 fully saturated rings. The Bertz CT molecular complexity index is 896. The minimum atomic E-state index is -3.19. The molecule has 120 valence electrons. The molecule has 3 rings (SSSR count). The van der Waals surface area contributed by atoms with Gasteiger partial charge >= 0.3 is 0 Å². The Balaban J connectivity index is 2.02. The van der Waals surface area contributed by atoms with E-state index >= 15 is 0 Å². The van der Waals surface area contributed by atoms with Crippen molar-refractivity contribution in [3.63, 3.8) is 0 Å². The van der Waals surface area contributed by atoms with Crippen molar-refractivity contribution in [1.82, 2.24) is 0 Å². The number of hydrogen-bond donors (Lipinski definition) is 0. The third-order valence-corrected chi connectivity index (χ3v) is 7.05. The van der Waals surface area contributed by atoms with Crippen LogP contribution in [0.2, 0.25) is 0 Å². The molecule has 0 aromatic heterocycles. The van der Waals surface area contributed by atoms with Crippen molar-refractivity contribution in [3.8, 4) is 0 Å². The van der Waals surface area contributed by atoms with Gasteiger partial charge in [0.2, 0.25) is 0 Å². The Morgan fingerprint density at radius 3 is 2.22 bits per heavy atom. The summed E-state index contributed by atoms with van der Waals surface area (Å²) >= 11 is 0. The summed E-state index contributed by atoms with van der Waals surface area (Å²) in [5.41, 5.74) is 5.46. The summed E-state index contributed by atoms with van der Waals surface area (Å²) in [6.45, 7) is 4.12. The Labute approximate surface area is 147 Å². The van der Waals surface area contributed by atoms with E-state index in [1.807, 2.05) is 12.1 Å². The van der Waals surface area contributed by atoms with Crippen LogP contribution in [0.5, 0.6) is 0 Å². The number of aryl methyl sites for hydroxylation is 2. The maximum absolute atomic E-state index is 11.6. The van der Waals surface area contributed by atoms with Crippen LogP contribution in [0.1, 0.15) is 28.9 Å². The fraction of sp³-hybridized carbons (Fsp3) is 0.222. The summed E-state index contributed by atoms with van der Waals surface area (Å²) in [7, 11) is -0.0854. The van der Waals surface area contributed by atoms with E-state index in [9.17, 15) is 8.42 Å². The van der Waals surface area contributed by atoms with Crippen LogP contribution in [0.4, 0.5) is 0 Å². The SMILES string of the molecule is [3H]C1=C(c2cc(C)cc(C)c2)C(c2ccc(S(C)(=O)=O)cc2)SS1. The average Bonchev–Trinajstić information content (AvgIpc) is 2.87. The predicted molar refractivity (Wildman–Crippen MR) is 101 cm³/mol. The van der Waals surface area contributed by atoms with E-state index in [2.05, 4.69) is 32.0 Å². The van der Waals surface area contributed by atoms with Gasteiger partial charge in [-0.2, -0.15) is 0 Å². The van der Waals surface area contributed by atoms with Crippen LogP contribution in [0.3, 0.4) is 0 Å². The minimum absolute atomic E-state index is 0.0392. The molecule has 0 spiro atoms. The van der Waals surface area contributed by atoms with Gasteiger partial charge in [-0.25, -0.2) is 8.42 Å². The lowest BCUT2D eigenvalue weighted by atomic mass is 9.96. The summed E-state index contributed by atoms with van der Waals surface area (Å²) in [4.78, 5) is 0.324. The van der Waals surface area contributed by atoms with Crippen molar-refractivity contribution in [2.24, 2.45) is 0 Å². The van der Waals surface area contributed by atoms with Gasteiger partial charge in [0.05, 0.1) is 11.5 Å². The molecule has 5 heteroatoms. The predicted octanol–water partition coefficient (Wildman–Crippen LogP) is 5.18. The number of rotatable bonds is 3. The maximum atomic E-state index is 11.6. The lowest BCUT2D eigenvalue weighted by molar-refractivity contribution is 0.602. The van der Waals surface area contributed by atoms with Crippen molar-refractivity contribution in [2.45, 2.75) is 24.0 Å². The summed E-state index contributed by atoms with van der Waals surface area (Å²) in [5.74, 6) is 0. The first kappa shape index (κ1) is 15.4. The molecule has 0 aliphatic carbocycles. The molecule has 1 heterocycles. The second-order valence-corrected chi connectivity index (χ2v) is 9.92. The van der Waals surface area contributed by atoms with Crippen LogP contribution in [-0.2, 0) is 9.84 Å². The van der Waals surface area contributed by atoms with E-state index in [0.29, 0.717) is 10.3 Å². The summed E-state index contributed by atoms with van der Waals surface area (Å²) < 4.78 is 31.6. The molecule has 1 aliphatic heterocycles. The number of sulfone groups is 1. The van der Waals surface area contributed by atoms with Gasteiger partial charge in [0.25, 0.3) is 0 Å². The Morgan fingerprint density at radius 2 is 1.65 bits per heavy atom. The van der Waals surface area contributed by atoms with E-state index in [0.717, 1.165) is 16.7 Å². The van der Waals surface area contributed by atoms with Crippen LogP contribution in [0.25, 0.3) is 5.57 Å². The van der Waals surface area contributed by atoms with Crippen molar-refractivity contribution in [3.05, 3.63) is 70.1 Å². The van der Waals surface area contributed by atoms with E-state index in [1.54, 1.807) is 22.9 Å². The fourth-order valence-electron chi connectivity index (χ4n) is 2.67. The fourth-order valence-corrected chi connectivity index (χ4v) is 5.73. The third-order valence-electron chi connectivity index (χ3n) is 3.70. The highest BCUT2D eigenvalue weighted by Gasteiger charge is 2.24. The van der Waals surface area contributed by atoms with Crippen LogP contribution >= 0.6 is 21.6 Å².